The van der Waals surface area contributed by atoms with Gasteiger partial charge >= 0.3 is 0 Å². The molecule has 0 spiro atoms. The molecular formula is C43H40ClFN6O5. The molecule has 1 saturated heterocycles. The predicted octanol–water partition coefficient (Wildman–Crippen LogP) is 8.36. The van der Waals surface area contributed by atoms with Crippen molar-refractivity contribution in [3.05, 3.63) is 93.1 Å². The zero-order chi connectivity index (χ0) is 39.5. The molecule has 2 aliphatic heterocycles. The number of aromatic nitrogens is 1. The lowest BCUT2D eigenvalue weighted by Crippen LogP contribution is -2.54. The van der Waals surface area contributed by atoms with Crippen molar-refractivity contribution in [2.24, 2.45) is 16.8 Å². The lowest BCUT2D eigenvalue weighted by molar-refractivity contribution is -0.136. The molecule has 1 unspecified atom stereocenters. The van der Waals surface area contributed by atoms with Crippen molar-refractivity contribution in [2.45, 2.75) is 83.6 Å². The van der Waals surface area contributed by atoms with Crippen LogP contribution in [0.3, 0.4) is 0 Å². The van der Waals surface area contributed by atoms with Gasteiger partial charge in [0.25, 0.3) is 11.8 Å². The van der Waals surface area contributed by atoms with Crippen molar-refractivity contribution < 1.29 is 28.1 Å². The summed E-state index contributed by atoms with van der Waals surface area (Å²) in [5.74, 6) is -2.27. The summed E-state index contributed by atoms with van der Waals surface area (Å²) >= 11 is 6.91. The Morgan fingerprint density at radius 1 is 1.02 bits per heavy atom. The molecule has 11 nitrogen and oxygen atoms in total. The number of nitrogens with zero attached hydrogens (tertiary/aromatic N) is 5. The van der Waals surface area contributed by atoms with Gasteiger partial charge in [0.1, 0.15) is 17.6 Å². The van der Waals surface area contributed by atoms with Crippen molar-refractivity contribution in [1.29, 1.82) is 5.26 Å². The number of amides is 4. The Morgan fingerprint density at radius 3 is 2.39 bits per heavy atom. The second-order valence-corrected chi connectivity index (χ2v) is 15.9. The number of benzene rings is 3. The molecule has 1 atom stereocenters. The smallest absolute Gasteiger partial charge is 0.262 e. The van der Waals surface area contributed by atoms with Gasteiger partial charge in [0, 0.05) is 41.1 Å². The SMILES string of the molecule is Cc1ccc(-c2c(C)noc2C)cc1N(CC1CCC(/C=N/c2cc3c(cc2F)C(=O)N(C2CCC(=O)NC2=O)C3=O)CC1)c1ccc(C2(C#N)CC2)c(Cl)c1. The Morgan fingerprint density at radius 2 is 1.75 bits per heavy atom. The van der Waals surface area contributed by atoms with E-state index in [2.05, 4.69) is 57.6 Å². The second-order valence-electron chi connectivity index (χ2n) is 15.5. The molecule has 0 radical (unpaired) electrons. The monoisotopic (exact) mass is 774 g/mol. The molecule has 13 heteroatoms. The van der Waals surface area contributed by atoms with Crippen molar-refractivity contribution in [2.75, 3.05) is 11.4 Å². The molecular weight excluding hydrogens is 735 g/mol. The number of hydrogen-bond donors (Lipinski definition) is 1. The Bertz CT molecular complexity index is 2370. The maximum absolute atomic E-state index is 15.3. The standard InChI is InChI=1S/C43H40ClFN6O5/c1-23-4-9-28(39-24(2)49-56-25(39)3)16-37(23)50(29-10-11-32(33(44)17-29)43(22-46)14-15-43)21-27-7-5-26(6-8-27)20-47-35-19-31-30(18-34(35)45)41(54)51(42(31)55)36-12-13-38(52)48-40(36)53/h4,9-11,16-20,26-27,36H,5-8,12-15,21H2,1-3H3,(H,48,52,53)/b47-20+. The quantitative estimate of drug-likeness (QED) is 0.132. The molecule has 56 heavy (non-hydrogen) atoms. The van der Waals surface area contributed by atoms with Gasteiger partial charge in [-0.15, -0.1) is 0 Å². The molecule has 8 rings (SSSR count). The van der Waals surface area contributed by atoms with Crippen LogP contribution in [0.5, 0.6) is 0 Å². The van der Waals surface area contributed by atoms with Gasteiger partial charge in [-0.1, -0.05) is 35.0 Å². The highest BCUT2D eigenvalue weighted by atomic mass is 35.5. The van der Waals surface area contributed by atoms with Crippen LogP contribution in [0.4, 0.5) is 21.5 Å². The average molecular weight is 775 g/mol. The van der Waals surface area contributed by atoms with Crippen molar-refractivity contribution in [3.63, 3.8) is 0 Å². The maximum Gasteiger partial charge on any atom is 0.262 e. The highest BCUT2D eigenvalue weighted by Crippen LogP contribution is 2.51. The van der Waals surface area contributed by atoms with Crippen LogP contribution in [0.1, 0.15) is 94.7 Å². The predicted molar refractivity (Wildman–Crippen MR) is 208 cm³/mol. The fourth-order valence-corrected chi connectivity index (χ4v) is 8.82. The number of aliphatic imine (C=N–C) groups is 1. The van der Waals surface area contributed by atoms with Crippen LogP contribution in [0.15, 0.2) is 58.0 Å². The van der Waals surface area contributed by atoms with Gasteiger partial charge in [-0.2, -0.15) is 5.26 Å². The molecule has 4 aliphatic rings. The number of nitriles is 1. The van der Waals surface area contributed by atoms with Gasteiger partial charge < -0.3 is 9.42 Å². The van der Waals surface area contributed by atoms with E-state index >= 15 is 4.39 Å². The zero-order valence-electron chi connectivity index (χ0n) is 31.3. The van der Waals surface area contributed by atoms with E-state index in [9.17, 15) is 24.4 Å². The van der Waals surface area contributed by atoms with Crippen LogP contribution in [0.25, 0.3) is 11.1 Å². The number of hydrogen-bond acceptors (Lipinski definition) is 9. The fraction of sp³-hybridized carbons (Fsp3) is 0.372. The van der Waals surface area contributed by atoms with Gasteiger partial charge in [0.15, 0.2) is 0 Å². The molecule has 2 saturated carbocycles. The van der Waals surface area contributed by atoms with E-state index in [1.54, 1.807) is 6.21 Å². The van der Waals surface area contributed by atoms with Crippen LogP contribution < -0.4 is 10.2 Å². The molecule has 286 valence electrons. The third kappa shape index (κ3) is 6.68. The number of piperidine rings is 1. The Labute approximate surface area is 328 Å². The summed E-state index contributed by atoms with van der Waals surface area (Å²) in [4.78, 5) is 58.0. The lowest BCUT2D eigenvalue weighted by atomic mass is 9.82. The van der Waals surface area contributed by atoms with Crippen LogP contribution in [0.2, 0.25) is 5.02 Å². The highest BCUT2D eigenvalue weighted by Gasteiger charge is 2.47. The molecule has 1 aromatic heterocycles. The number of nitrogens with one attached hydrogen (secondary N) is 1. The van der Waals surface area contributed by atoms with E-state index in [0.717, 1.165) is 94.6 Å². The van der Waals surface area contributed by atoms with E-state index in [4.69, 9.17) is 16.1 Å². The third-order valence-electron chi connectivity index (χ3n) is 11.8. The summed E-state index contributed by atoms with van der Waals surface area (Å²) < 4.78 is 20.8. The van der Waals surface area contributed by atoms with Crippen LogP contribution in [0, 0.1) is 49.8 Å². The van der Waals surface area contributed by atoms with Crippen LogP contribution >= 0.6 is 11.6 Å². The van der Waals surface area contributed by atoms with E-state index in [0.29, 0.717) is 17.5 Å². The summed E-state index contributed by atoms with van der Waals surface area (Å²) in [6.07, 6.45) is 6.76. The Balaban J connectivity index is 1.00. The molecule has 2 aliphatic carbocycles. The minimum atomic E-state index is -1.13. The minimum Gasteiger partial charge on any atom is -0.361 e. The normalized spacial score (nSPS) is 21.6. The zero-order valence-corrected chi connectivity index (χ0v) is 32.1. The number of halogens is 2. The number of anilines is 2. The summed E-state index contributed by atoms with van der Waals surface area (Å²) in [6, 6.07) is 16.0. The third-order valence-corrected chi connectivity index (χ3v) is 12.1. The number of imide groups is 2. The topological polar surface area (TPSA) is 149 Å². The van der Waals surface area contributed by atoms with Gasteiger partial charge in [0.2, 0.25) is 11.8 Å². The summed E-state index contributed by atoms with van der Waals surface area (Å²) in [5, 5.41) is 16.8. The number of carbonyl (C=O) groups excluding carboxylic acids is 4. The first kappa shape index (κ1) is 37.3. The Kier molecular flexibility index (Phi) is 9.61. The molecule has 0 bridgehead atoms. The van der Waals surface area contributed by atoms with Crippen LogP contribution in [-0.4, -0.2) is 52.5 Å². The largest absolute Gasteiger partial charge is 0.361 e. The summed E-state index contributed by atoms with van der Waals surface area (Å²) in [6.45, 7) is 6.65. The summed E-state index contributed by atoms with van der Waals surface area (Å²) in [5.41, 5.74) is 6.02. The second kappa shape index (κ2) is 14.4. The molecule has 4 aromatic rings. The van der Waals surface area contributed by atoms with Crippen molar-refractivity contribution in [3.8, 4) is 17.2 Å². The number of rotatable bonds is 9. The molecule has 3 aromatic carbocycles. The molecule has 1 N–H and O–H groups in total. The fourth-order valence-electron chi connectivity index (χ4n) is 8.46. The van der Waals surface area contributed by atoms with Gasteiger partial charge in [-0.3, -0.25) is 34.4 Å². The molecule has 3 heterocycles. The van der Waals surface area contributed by atoms with E-state index in [1.807, 2.05) is 26.0 Å². The van der Waals surface area contributed by atoms with Gasteiger partial charge in [-0.25, -0.2) is 4.39 Å². The molecule has 3 fully saturated rings. The minimum absolute atomic E-state index is 0.00434. The lowest BCUT2D eigenvalue weighted by Gasteiger charge is -2.34. The van der Waals surface area contributed by atoms with E-state index in [-0.39, 0.29) is 35.6 Å². The maximum atomic E-state index is 15.3. The number of aryl methyl sites for hydroxylation is 3. The van der Waals surface area contributed by atoms with Crippen molar-refractivity contribution in [1.82, 2.24) is 15.4 Å². The first-order valence-electron chi connectivity index (χ1n) is 19.0. The van der Waals surface area contributed by atoms with E-state index in [1.165, 1.54) is 6.07 Å². The van der Waals surface area contributed by atoms with E-state index < -0.39 is 40.9 Å². The first-order valence-corrected chi connectivity index (χ1v) is 19.4. The highest BCUT2D eigenvalue weighted by molar-refractivity contribution is 6.32. The van der Waals surface area contributed by atoms with Gasteiger partial charge in [0.05, 0.1) is 34.0 Å². The number of fused-ring (bicyclic) bond motifs is 1. The summed E-state index contributed by atoms with van der Waals surface area (Å²) in [7, 11) is 0. The Hall–Kier alpha value is -5.67. The number of carbonyl (C=O) groups is 4. The first-order chi connectivity index (χ1) is 26.9. The molecule has 4 amide bonds. The van der Waals surface area contributed by atoms with Crippen LogP contribution in [-0.2, 0) is 15.0 Å². The van der Waals surface area contributed by atoms with Gasteiger partial charge in [-0.05, 0) is 125 Å². The van der Waals surface area contributed by atoms with Crippen molar-refractivity contribution >= 4 is 58.5 Å². The average Bonchev–Trinajstić information content (AvgIpc) is 3.85.